The van der Waals surface area contributed by atoms with Crippen LogP contribution in [0.4, 0.5) is 5.69 Å². The zero-order valence-electron chi connectivity index (χ0n) is 18.0. The molecule has 9 heteroatoms. The van der Waals surface area contributed by atoms with E-state index in [1.165, 1.54) is 4.68 Å². The van der Waals surface area contributed by atoms with Crippen molar-refractivity contribution < 1.29 is 14.4 Å². The van der Waals surface area contributed by atoms with Crippen LogP contribution in [0.3, 0.4) is 0 Å². The fourth-order valence-electron chi connectivity index (χ4n) is 3.47. The molecule has 1 atom stereocenters. The number of carbonyl (C=O) groups is 3. The molecule has 0 saturated heterocycles. The molecule has 0 bridgehead atoms. The monoisotopic (exact) mass is 538 g/mol. The molecular weight excluding hydrogens is 520 g/mol. The van der Waals surface area contributed by atoms with Gasteiger partial charge in [-0.3, -0.25) is 19.8 Å². The van der Waals surface area contributed by atoms with E-state index in [9.17, 15) is 14.4 Å². The van der Waals surface area contributed by atoms with E-state index in [1.54, 1.807) is 49.4 Å². The van der Waals surface area contributed by atoms with Crippen LogP contribution in [0.1, 0.15) is 29.0 Å². The van der Waals surface area contributed by atoms with Gasteiger partial charge in [-0.1, -0.05) is 63.9 Å². The average molecular weight is 540 g/mol. The predicted molar refractivity (Wildman–Crippen MR) is 136 cm³/mol. The fourth-order valence-corrected chi connectivity index (χ4v) is 4.04. The first-order valence-corrected chi connectivity index (χ1v) is 11.5. The number of halogens is 2. The number of benzene rings is 3. The lowest BCUT2D eigenvalue weighted by atomic mass is 10.1. The van der Waals surface area contributed by atoms with Gasteiger partial charge in [0.15, 0.2) is 0 Å². The van der Waals surface area contributed by atoms with Crippen molar-refractivity contribution in [3.8, 4) is 0 Å². The topological polar surface area (TPSA) is 92.2 Å². The van der Waals surface area contributed by atoms with Crippen LogP contribution in [0.15, 0.2) is 83.3 Å². The van der Waals surface area contributed by atoms with Gasteiger partial charge in [0.25, 0.3) is 5.91 Å². The Balaban J connectivity index is 1.59. The Morgan fingerprint density at radius 1 is 0.912 bits per heavy atom. The van der Waals surface area contributed by atoms with Crippen LogP contribution in [0.5, 0.6) is 0 Å². The molecule has 172 valence electrons. The molecular formula is C25H20BrClN4O3. The molecule has 7 nitrogen and oxygen atoms in total. The smallest absolute Gasteiger partial charge is 0.328 e. The van der Waals surface area contributed by atoms with Crippen molar-refractivity contribution >= 4 is 61.8 Å². The average Bonchev–Trinajstić information content (AvgIpc) is 3.17. The third-order valence-corrected chi connectivity index (χ3v) is 5.87. The third-order valence-electron chi connectivity index (χ3n) is 5.15. The number of aromatic nitrogens is 1. The highest BCUT2D eigenvalue weighted by molar-refractivity contribution is 9.10. The summed E-state index contributed by atoms with van der Waals surface area (Å²) >= 11 is 9.43. The van der Waals surface area contributed by atoms with Crippen LogP contribution >= 0.6 is 27.5 Å². The number of rotatable bonds is 5. The molecule has 1 heterocycles. The maximum Gasteiger partial charge on any atom is 0.328 e. The molecule has 34 heavy (non-hydrogen) atoms. The van der Waals surface area contributed by atoms with Gasteiger partial charge >= 0.3 is 11.8 Å². The minimum Gasteiger partial charge on any atom is -0.341 e. The molecule has 0 aliphatic carbocycles. The number of nitrogens with one attached hydrogen (secondary N) is 3. The lowest BCUT2D eigenvalue weighted by Gasteiger charge is -2.16. The quantitative estimate of drug-likeness (QED) is 0.302. The molecule has 0 aliphatic rings. The van der Waals surface area contributed by atoms with Crippen molar-refractivity contribution in [2.24, 2.45) is 0 Å². The van der Waals surface area contributed by atoms with Crippen LogP contribution in [0, 0.1) is 0 Å². The molecule has 4 aromatic rings. The molecule has 0 fully saturated rings. The van der Waals surface area contributed by atoms with Crippen LogP contribution in [0.2, 0.25) is 5.02 Å². The fraction of sp³-hybridized carbons (Fsp3) is 0.0800. The van der Waals surface area contributed by atoms with Crippen LogP contribution in [-0.2, 0) is 9.59 Å². The second kappa shape index (κ2) is 10.1. The molecule has 0 spiro atoms. The van der Waals surface area contributed by atoms with Gasteiger partial charge in [-0.25, -0.2) is 4.68 Å². The summed E-state index contributed by atoms with van der Waals surface area (Å²) in [5, 5.41) is 6.61. The summed E-state index contributed by atoms with van der Waals surface area (Å²) in [4.78, 5) is 38.4. The van der Waals surface area contributed by atoms with Crippen LogP contribution in [-0.4, -0.2) is 22.4 Å². The Bertz CT molecular complexity index is 1390. The summed E-state index contributed by atoms with van der Waals surface area (Å²) in [5.74, 6) is -2.20. The Labute approximate surface area is 209 Å². The highest BCUT2D eigenvalue weighted by Gasteiger charge is 2.22. The van der Waals surface area contributed by atoms with E-state index in [-0.39, 0.29) is 11.7 Å². The Hall–Kier alpha value is -3.62. The highest BCUT2D eigenvalue weighted by Crippen LogP contribution is 2.24. The first kappa shape index (κ1) is 23.5. The summed E-state index contributed by atoms with van der Waals surface area (Å²) in [6.45, 7) is 1.78. The van der Waals surface area contributed by atoms with Gasteiger partial charge in [0.2, 0.25) is 0 Å². The van der Waals surface area contributed by atoms with Gasteiger partial charge in [0.05, 0.1) is 11.6 Å². The van der Waals surface area contributed by atoms with E-state index in [2.05, 4.69) is 32.0 Å². The van der Waals surface area contributed by atoms with Gasteiger partial charge < -0.3 is 10.6 Å². The largest absolute Gasteiger partial charge is 0.341 e. The number of carbonyl (C=O) groups excluding carboxylic acids is 3. The highest BCUT2D eigenvalue weighted by atomic mass is 79.9. The minimum atomic E-state index is -0.903. The van der Waals surface area contributed by atoms with E-state index in [0.29, 0.717) is 21.6 Å². The van der Waals surface area contributed by atoms with E-state index in [0.717, 1.165) is 10.0 Å². The SMILES string of the molecule is C[C@H](NC(=O)C(=O)Nn1c(C(=O)Nc2cccc(Cl)c2)cc2cc(Br)ccc21)c1ccccc1. The molecule has 1 aromatic heterocycles. The normalized spacial score (nSPS) is 11.6. The maximum atomic E-state index is 13.1. The molecule has 4 rings (SSSR count). The predicted octanol–water partition coefficient (Wildman–Crippen LogP) is 5.26. The standard InChI is InChI=1S/C25H20BrClN4O3/c1-15(16-6-3-2-4-7-16)28-24(33)25(34)30-31-21-11-10-18(26)12-17(21)13-22(31)23(32)29-20-9-5-8-19(27)14-20/h2-15H,1H3,(H,28,33)(H,29,32)(H,30,34)/t15-/m0/s1. The maximum absolute atomic E-state index is 13.1. The van der Waals surface area contributed by atoms with Crippen molar-refractivity contribution in [1.29, 1.82) is 0 Å². The zero-order valence-corrected chi connectivity index (χ0v) is 20.4. The van der Waals surface area contributed by atoms with E-state index >= 15 is 0 Å². The first-order chi connectivity index (χ1) is 16.3. The van der Waals surface area contributed by atoms with Crippen molar-refractivity contribution in [2.75, 3.05) is 10.7 Å². The summed E-state index contributed by atoms with van der Waals surface area (Å²) in [6.07, 6.45) is 0. The van der Waals surface area contributed by atoms with Gasteiger partial charge in [-0.15, -0.1) is 0 Å². The molecule has 0 unspecified atom stereocenters. The van der Waals surface area contributed by atoms with E-state index in [4.69, 9.17) is 11.6 Å². The van der Waals surface area contributed by atoms with Gasteiger partial charge in [-0.05, 0) is 55.0 Å². The number of amides is 3. The summed E-state index contributed by atoms with van der Waals surface area (Å²) in [5.41, 5.74) is 4.61. The van der Waals surface area contributed by atoms with Crippen molar-refractivity contribution in [3.05, 3.63) is 99.6 Å². The number of hydrogen-bond acceptors (Lipinski definition) is 3. The first-order valence-electron chi connectivity index (χ1n) is 10.4. The molecule has 0 radical (unpaired) electrons. The second-order valence-corrected chi connectivity index (χ2v) is 8.93. The molecule has 3 N–H and O–H groups in total. The molecule has 0 aliphatic heterocycles. The summed E-state index contributed by atoms with van der Waals surface area (Å²) < 4.78 is 2.11. The van der Waals surface area contributed by atoms with Gasteiger partial charge in [-0.2, -0.15) is 0 Å². The molecule has 0 saturated carbocycles. The van der Waals surface area contributed by atoms with Gasteiger partial charge in [0, 0.05) is 20.6 Å². The number of fused-ring (bicyclic) bond motifs is 1. The summed E-state index contributed by atoms with van der Waals surface area (Å²) in [7, 11) is 0. The van der Waals surface area contributed by atoms with Crippen molar-refractivity contribution in [2.45, 2.75) is 13.0 Å². The number of nitrogens with zero attached hydrogens (tertiary/aromatic N) is 1. The lowest BCUT2D eigenvalue weighted by molar-refractivity contribution is -0.137. The zero-order chi connectivity index (χ0) is 24.2. The number of anilines is 1. The van der Waals surface area contributed by atoms with Crippen molar-refractivity contribution in [3.63, 3.8) is 0 Å². The minimum absolute atomic E-state index is 0.144. The Morgan fingerprint density at radius 3 is 2.41 bits per heavy atom. The van der Waals surface area contributed by atoms with Crippen LogP contribution < -0.4 is 16.1 Å². The van der Waals surface area contributed by atoms with Gasteiger partial charge in [0.1, 0.15) is 5.69 Å². The second-order valence-electron chi connectivity index (χ2n) is 7.58. The molecule has 3 aromatic carbocycles. The molecule has 3 amide bonds. The van der Waals surface area contributed by atoms with Crippen molar-refractivity contribution in [1.82, 2.24) is 9.99 Å². The van der Waals surface area contributed by atoms with E-state index < -0.39 is 17.7 Å². The Morgan fingerprint density at radius 2 is 1.68 bits per heavy atom. The lowest BCUT2D eigenvalue weighted by Crippen LogP contribution is -2.40. The summed E-state index contributed by atoms with van der Waals surface area (Å²) in [6, 6.07) is 22.6. The van der Waals surface area contributed by atoms with E-state index in [1.807, 2.05) is 36.4 Å². The number of hydrogen-bond donors (Lipinski definition) is 3. The van der Waals surface area contributed by atoms with Crippen LogP contribution in [0.25, 0.3) is 10.9 Å². The Kier molecular flexibility index (Phi) is 7.00. The third kappa shape index (κ3) is 5.30.